The van der Waals surface area contributed by atoms with Gasteiger partial charge in [0.15, 0.2) is 0 Å². The number of ether oxygens (including phenoxy) is 1. The summed E-state index contributed by atoms with van der Waals surface area (Å²) in [6.07, 6.45) is 0. The van der Waals surface area contributed by atoms with E-state index in [1.807, 2.05) is 25.1 Å². The van der Waals surface area contributed by atoms with Crippen molar-refractivity contribution in [1.29, 1.82) is 0 Å². The third-order valence-electron chi connectivity index (χ3n) is 6.75. The lowest BCUT2D eigenvalue weighted by Gasteiger charge is -2.26. The van der Waals surface area contributed by atoms with Gasteiger partial charge in [-0.3, -0.25) is 10.3 Å². The van der Waals surface area contributed by atoms with Gasteiger partial charge in [-0.05, 0) is 50.2 Å². The van der Waals surface area contributed by atoms with Crippen LogP contribution >= 0.6 is 11.3 Å². The maximum atomic E-state index is 5.82. The second kappa shape index (κ2) is 14.1. The number of methoxy groups -OCH3 is 1. The van der Waals surface area contributed by atoms with E-state index >= 15 is 0 Å². The second-order valence-corrected chi connectivity index (χ2v) is 10.6. The number of likely N-dealkylation sites (N-methyl/N-ethyl adjacent to an activating group) is 2. The molecule has 10 nitrogen and oxygen atoms in total. The number of rotatable bonds is 12. The van der Waals surface area contributed by atoms with Crippen molar-refractivity contribution in [3.8, 4) is 5.75 Å². The van der Waals surface area contributed by atoms with Crippen LogP contribution in [0.25, 0.3) is 10.2 Å². The first-order valence-electron chi connectivity index (χ1n) is 13.5. The summed E-state index contributed by atoms with van der Waals surface area (Å²) in [6, 6.07) is 14.5. The predicted octanol–water partition coefficient (Wildman–Crippen LogP) is 5.67. The van der Waals surface area contributed by atoms with Crippen molar-refractivity contribution in [3.63, 3.8) is 0 Å². The average Bonchev–Trinajstić information content (AvgIpc) is 3.64. The van der Waals surface area contributed by atoms with E-state index in [1.54, 1.807) is 18.4 Å². The minimum Gasteiger partial charge on any atom is -0.494 e. The molecule has 0 fully saturated rings. The number of nitrogens with one attached hydrogen (secondary N) is 4. The summed E-state index contributed by atoms with van der Waals surface area (Å²) in [7, 11) is 7.86. The Morgan fingerprint density at radius 2 is 1.88 bits per heavy atom. The SMILES string of the molecule is C=C.CCONNc1cc(Nc2nc(C3CNc4ccccc43)c3sccc3n2)c(OC)cc1N(C)CCN(C)C. The first-order valence-corrected chi connectivity index (χ1v) is 14.4. The van der Waals surface area contributed by atoms with E-state index in [-0.39, 0.29) is 5.92 Å². The van der Waals surface area contributed by atoms with Gasteiger partial charge in [0, 0.05) is 44.4 Å². The van der Waals surface area contributed by atoms with Crippen LogP contribution in [0.15, 0.2) is 61.0 Å². The molecule has 2 aromatic carbocycles. The molecule has 0 aliphatic carbocycles. The fourth-order valence-corrected chi connectivity index (χ4v) is 5.59. The lowest BCUT2D eigenvalue weighted by molar-refractivity contribution is 0.0677. The molecule has 218 valence electrons. The number of nitrogens with zero attached hydrogens (tertiary/aromatic N) is 4. The van der Waals surface area contributed by atoms with E-state index in [2.05, 4.69) is 95.4 Å². The Morgan fingerprint density at radius 3 is 2.63 bits per heavy atom. The molecule has 1 unspecified atom stereocenters. The molecule has 0 amide bonds. The number of aromatic nitrogens is 2. The van der Waals surface area contributed by atoms with Crippen LogP contribution in [0.3, 0.4) is 0 Å². The van der Waals surface area contributed by atoms with Crippen LogP contribution in [0.5, 0.6) is 5.75 Å². The molecule has 11 heteroatoms. The van der Waals surface area contributed by atoms with Gasteiger partial charge < -0.3 is 25.2 Å². The maximum Gasteiger partial charge on any atom is 0.228 e. The van der Waals surface area contributed by atoms with Gasteiger partial charge in [-0.25, -0.2) is 9.97 Å². The van der Waals surface area contributed by atoms with E-state index < -0.39 is 0 Å². The van der Waals surface area contributed by atoms with Crippen LogP contribution in [-0.2, 0) is 4.84 Å². The number of hydrogen-bond acceptors (Lipinski definition) is 11. The molecule has 41 heavy (non-hydrogen) atoms. The Kier molecular flexibility index (Phi) is 10.4. The van der Waals surface area contributed by atoms with Crippen molar-refractivity contribution in [2.24, 2.45) is 0 Å². The highest BCUT2D eigenvalue weighted by molar-refractivity contribution is 7.17. The molecule has 0 radical (unpaired) electrons. The number of fused-ring (bicyclic) bond motifs is 2. The summed E-state index contributed by atoms with van der Waals surface area (Å²) in [5.41, 5.74) is 12.9. The fourth-order valence-electron chi connectivity index (χ4n) is 4.71. The maximum absolute atomic E-state index is 5.82. The van der Waals surface area contributed by atoms with Crippen molar-refractivity contribution >= 4 is 50.3 Å². The number of hydrazine groups is 1. The van der Waals surface area contributed by atoms with E-state index in [0.29, 0.717) is 18.3 Å². The Labute approximate surface area is 246 Å². The van der Waals surface area contributed by atoms with Crippen LogP contribution in [0.1, 0.15) is 24.1 Å². The smallest absolute Gasteiger partial charge is 0.228 e. The van der Waals surface area contributed by atoms with Gasteiger partial charge >= 0.3 is 0 Å². The van der Waals surface area contributed by atoms with Gasteiger partial charge in [-0.2, -0.15) is 0 Å². The van der Waals surface area contributed by atoms with Crippen molar-refractivity contribution < 1.29 is 9.57 Å². The van der Waals surface area contributed by atoms with Crippen molar-refractivity contribution in [2.75, 3.05) is 75.5 Å². The first kappa shape index (κ1) is 30.1. The van der Waals surface area contributed by atoms with Gasteiger partial charge in [0.2, 0.25) is 5.95 Å². The van der Waals surface area contributed by atoms with Gasteiger partial charge in [0.05, 0.1) is 46.7 Å². The zero-order valence-electron chi connectivity index (χ0n) is 24.5. The molecule has 0 bridgehead atoms. The molecule has 4 aromatic rings. The van der Waals surface area contributed by atoms with E-state index in [4.69, 9.17) is 19.5 Å². The molecule has 4 N–H and O–H groups in total. The van der Waals surface area contributed by atoms with Gasteiger partial charge in [0.1, 0.15) is 5.75 Å². The molecule has 5 rings (SSSR count). The molecule has 0 spiro atoms. The quantitative estimate of drug-likeness (QED) is 0.0959. The molecule has 1 atom stereocenters. The topological polar surface area (TPSA) is 98.8 Å². The summed E-state index contributed by atoms with van der Waals surface area (Å²) in [5, 5.41) is 9.04. The molecule has 1 aliphatic rings. The summed E-state index contributed by atoms with van der Waals surface area (Å²) in [6.45, 7) is 11.0. The highest BCUT2D eigenvalue weighted by Gasteiger charge is 2.28. The normalized spacial score (nSPS) is 13.8. The van der Waals surface area contributed by atoms with Crippen LogP contribution in [0.2, 0.25) is 0 Å². The largest absolute Gasteiger partial charge is 0.494 e. The summed E-state index contributed by atoms with van der Waals surface area (Å²) < 4.78 is 6.93. The Hall–Kier alpha value is -3.90. The fraction of sp³-hybridized carbons (Fsp3) is 0.333. The van der Waals surface area contributed by atoms with Crippen molar-refractivity contribution in [3.05, 3.63) is 72.3 Å². The van der Waals surface area contributed by atoms with Crippen LogP contribution in [-0.4, -0.2) is 69.4 Å². The van der Waals surface area contributed by atoms with Gasteiger partial charge in [-0.15, -0.1) is 30.1 Å². The van der Waals surface area contributed by atoms with Crippen molar-refractivity contribution in [1.82, 2.24) is 20.5 Å². The molecule has 3 heterocycles. The Morgan fingerprint density at radius 1 is 1.07 bits per heavy atom. The summed E-state index contributed by atoms with van der Waals surface area (Å²) in [4.78, 5) is 19.6. The number of para-hydroxylation sites is 1. The number of hydrogen-bond donors (Lipinski definition) is 4. The number of thiophene rings is 1. The van der Waals surface area contributed by atoms with Gasteiger partial charge in [0.25, 0.3) is 0 Å². The zero-order chi connectivity index (χ0) is 29.4. The number of benzene rings is 2. The minimum absolute atomic E-state index is 0.146. The summed E-state index contributed by atoms with van der Waals surface area (Å²) in [5.74, 6) is 1.36. The van der Waals surface area contributed by atoms with Crippen molar-refractivity contribution in [2.45, 2.75) is 12.8 Å². The second-order valence-electron chi connectivity index (χ2n) is 9.67. The molecular weight excluding hydrogens is 536 g/mol. The Balaban J connectivity index is 0.00000189. The monoisotopic (exact) mass is 576 g/mol. The van der Waals surface area contributed by atoms with E-state index in [1.165, 1.54) is 5.56 Å². The minimum atomic E-state index is 0.146. The predicted molar refractivity (Wildman–Crippen MR) is 172 cm³/mol. The molecule has 0 saturated heterocycles. The number of anilines is 5. The molecule has 1 aliphatic heterocycles. The molecular formula is C30H40N8O2S. The third-order valence-corrected chi connectivity index (χ3v) is 7.68. The average molecular weight is 577 g/mol. The van der Waals surface area contributed by atoms with E-state index in [0.717, 1.165) is 58.3 Å². The highest BCUT2D eigenvalue weighted by Crippen LogP contribution is 2.41. The van der Waals surface area contributed by atoms with Gasteiger partial charge in [-0.1, -0.05) is 18.2 Å². The first-order chi connectivity index (χ1) is 20.0. The highest BCUT2D eigenvalue weighted by atomic mass is 32.1. The molecule has 0 saturated carbocycles. The van der Waals surface area contributed by atoms with Crippen LogP contribution in [0, 0.1) is 0 Å². The zero-order valence-corrected chi connectivity index (χ0v) is 25.3. The standard InChI is InChI=1S/C28H36N8O2S.C2H4/c1-6-38-34-33-22-15-23(25(37-5)16-24(22)36(4)13-12-35(2)3)31-28-30-21-11-14-39-27(21)26(32-28)19-17-29-20-10-8-7-9-18(19)20;1-2/h7-11,14-16,19,29,33-34H,6,12-13,17H2,1-5H3,(H,30,31,32);1-2H2. The lowest BCUT2D eigenvalue weighted by Crippen LogP contribution is -2.30. The summed E-state index contributed by atoms with van der Waals surface area (Å²) >= 11 is 1.68. The van der Waals surface area contributed by atoms with E-state index in [9.17, 15) is 0 Å². The molecule has 2 aromatic heterocycles. The lowest BCUT2D eigenvalue weighted by atomic mass is 9.97. The van der Waals surface area contributed by atoms with Crippen LogP contribution < -0.4 is 31.3 Å². The van der Waals surface area contributed by atoms with Crippen LogP contribution in [0.4, 0.5) is 28.7 Å². The third kappa shape index (κ3) is 6.88. The Bertz CT molecular complexity index is 1440.